The van der Waals surface area contributed by atoms with Crippen LogP contribution in [0.5, 0.6) is 0 Å². The van der Waals surface area contributed by atoms with E-state index < -0.39 is 0 Å². The Kier molecular flexibility index (Phi) is 4.94. The van der Waals surface area contributed by atoms with E-state index >= 15 is 0 Å². The summed E-state index contributed by atoms with van der Waals surface area (Å²) in [6.07, 6.45) is 5.23. The first-order valence-electron chi connectivity index (χ1n) is 8.40. The molecule has 116 valence electrons. The number of hydrogen-bond acceptors (Lipinski definition) is 3. The van der Waals surface area contributed by atoms with Crippen LogP contribution in [0.1, 0.15) is 30.0 Å². The van der Waals surface area contributed by atoms with Crippen LogP contribution in [0.15, 0.2) is 18.2 Å². The highest BCUT2D eigenvalue weighted by atomic mass is 16.5. The van der Waals surface area contributed by atoms with E-state index in [1.807, 2.05) is 0 Å². The fraction of sp³-hybridized carbons (Fsp3) is 0.667. The summed E-state index contributed by atoms with van der Waals surface area (Å²) in [7, 11) is 2.19. The van der Waals surface area contributed by atoms with E-state index in [0.29, 0.717) is 12.1 Å². The van der Waals surface area contributed by atoms with Crippen LogP contribution in [0.4, 0.5) is 0 Å². The van der Waals surface area contributed by atoms with Gasteiger partial charge in [0.1, 0.15) is 0 Å². The summed E-state index contributed by atoms with van der Waals surface area (Å²) in [5, 5.41) is 3.64. The highest BCUT2D eigenvalue weighted by Gasteiger charge is 2.26. The second-order valence-electron chi connectivity index (χ2n) is 6.50. The van der Waals surface area contributed by atoms with Gasteiger partial charge in [-0.3, -0.25) is 0 Å². The lowest BCUT2D eigenvalue weighted by atomic mass is 9.97. The minimum atomic E-state index is 0.303. The molecule has 1 N–H and O–H groups in total. The molecule has 1 aromatic rings. The molecule has 1 fully saturated rings. The molecular weight excluding hydrogens is 260 g/mol. The van der Waals surface area contributed by atoms with Gasteiger partial charge in [-0.1, -0.05) is 25.1 Å². The van der Waals surface area contributed by atoms with E-state index in [0.717, 1.165) is 32.7 Å². The molecule has 3 rings (SSSR count). The Hall–Kier alpha value is -0.900. The Balaban J connectivity index is 1.69. The van der Waals surface area contributed by atoms with Gasteiger partial charge in [0, 0.05) is 19.1 Å². The number of morpholine rings is 1. The molecule has 0 amide bonds. The number of aryl methyl sites for hydroxylation is 2. The first-order chi connectivity index (χ1) is 10.3. The summed E-state index contributed by atoms with van der Waals surface area (Å²) in [5.74, 6) is 0. The van der Waals surface area contributed by atoms with Crippen LogP contribution in [0, 0.1) is 0 Å². The van der Waals surface area contributed by atoms with Crippen LogP contribution in [0.3, 0.4) is 0 Å². The van der Waals surface area contributed by atoms with Gasteiger partial charge in [0.25, 0.3) is 0 Å². The van der Waals surface area contributed by atoms with Crippen molar-refractivity contribution in [2.75, 3.05) is 33.3 Å². The van der Waals surface area contributed by atoms with E-state index in [9.17, 15) is 0 Å². The van der Waals surface area contributed by atoms with Crippen molar-refractivity contribution in [2.24, 2.45) is 0 Å². The molecule has 0 bridgehead atoms. The maximum atomic E-state index is 6.02. The summed E-state index contributed by atoms with van der Waals surface area (Å²) in [4.78, 5) is 2.38. The zero-order chi connectivity index (χ0) is 14.7. The van der Waals surface area contributed by atoms with Gasteiger partial charge in [0.15, 0.2) is 0 Å². The molecule has 2 unspecified atom stereocenters. The largest absolute Gasteiger partial charge is 0.374 e. The monoisotopic (exact) mass is 288 g/mol. The summed E-state index contributed by atoms with van der Waals surface area (Å²) in [5.41, 5.74) is 4.59. The molecule has 1 saturated heterocycles. The van der Waals surface area contributed by atoms with Crippen molar-refractivity contribution in [3.05, 3.63) is 34.9 Å². The summed E-state index contributed by atoms with van der Waals surface area (Å²) < 4.78 is 6.02. The average molecular weight is 288 g/mol. The highest BCUT2D eigenvalue weighted by molar-refractivity contribution is 5.35. The number of fused-ring (bicyclic) bond motifs is 1. The minimum absolute atomic E-state index is 0.303. The molecule has 2 atom stereocenters. The van der Waals surface area contributed by atoms with Crippen molar-refractivity contribution in [1.82, 2.24) is 10.2 Å². The van der Waals surface area contributed by atoms with Crippen molar-refractivity contribution < 1.29 is 4.74 Å². The third kappa shape index (κ3) is 3.65. The lowest BCUT2D eigenvalue weighted by Crippen LogP contribution is -2.52. The molecule has 1 heterocycles. The standard InChI is InChI=1S/C18H28N2O/c1-3-19-17(18-13-20(2)9-10-21-18)12-14-7-8-15-5-4-6-16(15)11-14/h7-8,11,17-19H,3-6,9-10,12-13H2,1-2H3. The Labute approximate surface area is 128 Å². The number of likely N-dealkylation sites (N-methyl/N-ethyl adjacent to an activating group) is 2. The molecular formula is C18H28N2O. The van der Waals surface area contributed by atoms with Crippen molar-refractivity contribution in [1.29, 1.82) is 0 Å². The van der Waals surface area contributed by atoms with Gasteiger partial charge in [-0.15, -0.1) is 0 Å². The van der Waals surface area contributed by atoms with Gasteiger partial charge < -0.3 is 15.0 Å². The highest BCUT2D eigenvalue weighted by Crippen LogP contribution is 2.24. The SMILES string of the molecule is CCNC(Cc1ccc2c(c1)CCC2)C1CN(C)CCO1. The van der Waals surface area contributed by atoms with Crippen LogP contribution < -0.4 is 5.32 Å². The Bertz CT molecular complexity index is 474. The molecule has 0 aromatic heterocycles. The number of benzene rings is 1. The van der Waals surface area contributed by atoms with Crippen LogP contribution in [0.25, 0.3) is 0 Å². The summed E-state index contributed by atoms with van der Waals surface area (Å²) in [6, 6.07) is 7.51. The average Bonchev–Trinajstić information content (AvgIpc) is 2.94. The van der Waals surface area contributed by atoms with Crippen molar-refractivity contribution in [3.8, 4) is 0 Å². The van der Waals surface area contributed by atoms with Crippen molar-refractivity contribution in [2.45, 2.75) is 44.8 Å². The number of nitrogens with zero attached hydrogens (tertiary/aromatic N) is 1. The number of rotatable bonds is 5. The number of nitrogens with one attached hydrogen (secondary N) is 1. The quantitative estimate of drug-likeness (QED) is 0.897. The predicted molar refractivity (Wildman–Crippen MR) is 86.9 cm³/mol. The molecule has 3 nitrogen and oxygen atoms in total. The molecule has 21 heavy (non-hydrogen) atoms. The minimum Gasteiger partial charge on any atom is -0.374 e. The van der Waals surface area contributed by atoms with E-state index in [2.05, 4.69) is 42.4 Å². The van der Waals surface area contributed by atoms with Crippen LogP contribution >= 0.6 is 0 Å². The Morgan fingerprint density at radius 3 is 3.00 bits per heavy atom. The fourth-order valence-corrected chi connectivity index (χ4v) is 3.66. The first kappa shape index (κ1) is 15.0. The van der Waals surface area contributed by atoms with Crippen LogP contribution in [-0.4, -0.2) is 50.3 Å². The third-order valence-electron chi connectivity index (χ3n) is 4.83. The van der Waals surface area contributed by atoms with Gasteiger partial charge in [-0.25, -0.2) is 0 Å². The lowest BCUT2D eigenvalue weighted by molar-refractivity contribution is -0.0381. The predicted octanol–water partition coefficient (Wildman–Crippen LogP) is 2.03. The smallest absolute Gasteiger partial charge is 0.0858 e. The molecule has 0 spiro atoms. The van der Waals surface area contributed by atoms with E-state index in [4.69, 9.17) is 4.74 Å². The van der Waals surface area contributed by atoms with E-state index in [-0.39, 0.29) is 0 Å². The van der Waals surface area contributed by atoms with Crippen molar-refractivity contribution in [3.63, 3.8) is 0 Å². The van der Waals surface area contributed by atoms with Gasteiger partial charge in [0.05, 0.1) is 12.7 Å². The number of ether oxygens (including phenoxy) is 1. The molecule has 1 aliphatic carbocycles. The molecule has 0 radical (unpaired) electrons. The lowest BCUT2D eigenvalue weighted by Gasteiger charge is -2.35. The van der Waals surface area contributed by atoms with Crippen LogP contribution in [0.2, 0.25) is 0 Å². The first-order valence-corrected chi connectivity index (χ1v) is 8.40. The Morgan fingerprint density at radius 1 is 1.33 bits per heavy atom. The molecule has 3 heteroatoms. The maximum absolute atomic E-state index is 6.02. The molecule has 1 aliphatic heterocycles. The zero-order valence-corrected chi connectivity index (χ0v) is 13.4. The van der Waals surface area contributed by atoms with E-state index in [1.165, 1.54) is 24.8 Å². The Morgan fingerprint density at radius 2 is 2.19 bits per heavy atom. The maximum Gasteiger partial charge on any atom is 0.0858 e. The van der Waals surface area contributed by atoms with Gasteiger partial charge in [-0.2, -0.15) is 0 Å². The second-order valence-corrected chi connectivity index (χ2v) is 6.50. The molecule has 1 aromatic carbocycles. The summed E-state index contributed by atoms with van der Waals surface area (Å²) in [6.45, 7) is 6.12. The molecule has 2 aliphatic rings. The second kappa shape index (κ2) is 6.91. The topological polar surface area (TPSA) is 24.5 Å². The van der Waals surface area contributed by atoms with E-state index in [1.54, 1.807) is 11.1 Å². The van der Waals surface area contributed by atoms with Gasteiger partial charge in [-0.05, 0) is 56.0 Å². The van der Waals surface area contributed by atoms with Gasteiger partial charge in [0.2, 0.25) is 0 Å². The normalized spacial score (nSPS) is 24.0. The zero-order valence-electron chi connectivity index (χ0n) is 13.4. The van der Waals surface area contributed by atoms with Gasteiger partial charge >= 0.3 is 0 Å². The summed E-state index contributed by atoms with van der Waals surface area (Å²) >= 11 is 0. The van der Waals surface area contributed by atoms with Crippen molar-refractivity contribution >= 4 is 0 Å². The third-order valence-corrected chi connectivity index (χ3v) is 4.83. The van der Waals surface area contributed by atoms with Crippen LogP contribution in [-0.2, 0) is 24.0 Å². The molecule has 0 saturated carbocycles. The number of hydrogen-bond donors (Lipinski definition) is 1. The fourth-order valence-electron chi connectivity index (χ4n) is 3.66.